The fourth-order valence-corrected chi connectivity index (χ4v) is 4.54. The van der Waals surface area contributed by atoms with Gasteiger partial charge in [0.2, 0.25) is 5.91 Å². The number of anilines is 1. The largest absolute Gasteiger partial charge is 0.497 e. The summed E-state index contributed by atoms with van der Waals surface area (Å²) in [5, 5.41) is 3.25. The minimum Gasteiger partial charge on any atom is -0.497 e. The van der Waals surface area contributed by atoms with Gasteiger partial charge in [-0.3, -0.25) is 4.79 Å². The highest BCUT2D eigenvalue weighted by atomic mass is 79.9. The van der Waals surface area contributed by atoms with Crippen molar-refractivity contribution in [2.75, 3.05) is 19.5 Å². The van der Waals surface area contributed by atoms with E-state index >= 15 is 0 Å². The zero-order valence-corrected chi connectivity index (χ0v) is 21.4. The van der Waals surface area contributed by atoms with E-state index in [0.29, 0.717) is 5.16 Å². The Morgan fingerprint density at radius 1 is 0.941 bits per heavy atom. The molecule has 0 fully saturated rings. The van der Waals surface area contributed by atoms with Crippen LogP contribution in [0.15, 0.2) is 82.4 Å². The third-order valence-corrected chi connectivity index (χ3v) is 6.89. The summed E-state index contributed by atoms with van der Waals surface area (Å²) >= 11 is 4.84. The van der Waals surface area contributed by atoms with E-state index in [1.165, 1.54) is 11.8 Å². The van der Waals surface area contributed by atoms with Crippen molar-refractivity contribution in [3.8, 4) is 34.0 Å². The summed E-state index contributed by atoms with van der Waals surface area (Å²) in [5.74, 6) is 1.45. The molecule has 3 aromatic carbocycles. The number of H-pyrrole nitrogens is 1. The SMILES string of the molecule is COc1ccc(-c2nc(SC(C)C(=O)Nc3ccccc3Br)[nH]c2-c2ccc(OC)cc2)cc1. The van der Waals surface area contributed by atoms with Crippen molar-refractivity contribution in [1.82, 2.24) is 9.97 Å². The van der Waals surface area contributed by atoms with Gasteiger partial charge in [0.15, 0.2) is 5.16 Å². The van der Waals surface area contributed by atoms with Crippen LogP contribution in [0.4, 0.5) is 5.69 Å². The average molecular weight is 538 g/mol. The normalized spacial score (nSPS) is 11.6. The molecule has 6 nitrogen and oxygen atoms in total. The predicted octanol–water partition coefficient (Wildman–Crippen LogP) is 6.64. The van der Waals surface area contributed by atoms with Gasteiger partial charge in [0.05, 0.1) is 36.5 Å². The van der Waals surface area contributed by atoms with Crippen molar-refractivity contribution in [3.63, 3.8) is 0 Å². The predicted molar refractivity (Wildman–Crippen MR) is 141 cm³/mol. The lowest BCUT2D eigenvalue weighted by atomic mass is 10.0. The van der Waals surface area contributed by atoms with Gasteiger partial charge in [0.1, 0.15) is 11.5 Å². The Morgan fingerprint density at radius 2 is 1.53 bits per heavy atom. The second-order valence-electron chi connectivity index (χ2n) is 7.45. The number of amides is 1. The number of aromatic nitrogens is 2. The van der Waals surface area contributed by atoms with E-state index in [9.17, 15) is 4.79 Å². The van der Waals surface area contributed by atoms with Crippen LogP contribution >= 0.6 is 27.7 Å². The number of rotatable bonds is 8. The number of hydrogen-bond donors (Lipinski definition) is 2. The standard InChI is InChI=1S/C26H24BrN3O3S/c1-16(25(31)28-22-7-5-4-6-21(22)27)34-26-29-23(17-8-12-19(32-2)13-9-17)24(30-26)18-10-14-20(33-3)15-11-18/h4-16H,1-3H3,(H,28,31)(H,29,30). The van der Waals surface area contributed by atoms with Crippen LogP contribution in [0.2, 0.25) is 0 Å². The number of carbonyl (C=O) groups is 1. The molecule has 8 heteroatoms. The topological polar surface area (TPSA) is 76.2 Å². The highest BCUT2D eigenvalue weighted by Gasteiger charge is 2.20. The van der Waals surface area contributed by atoms with Crippen molar-refractivity contribution in [2.45, 2.75) is 17.3 Å². The number of halogens is 1. The summed E-state index contributed by atoms with van der Waals surface area (Å²) in [6.07, 6.45) is 0. The number of hydrogen-bond acceptors (Lipinski definition) is 5. The van der Waals surface area contributed by atoms with Crippen molar-refractivity contribution in [3.05, 3.63) is 77.3 Å². The van der Waals surface area contributed by atoms with Crippen LogP contribution in [-0.4, -0.2) is 35.3 Å². The fourth-order valence-electron chi connectivity index (χ4n) is 3.35. The number of ether oxygens (including phenoxy) is 2. The third-order valence-electron chi connectivity index (χ3n) is 5.21. The maximum atomic E-state index is 12.8. The van der Waals surface area contributed by atoms with Gasteiger partial charge in [-0.1, -0.05) is 23.9 Å². The van der Waals surface area contributed by atoms with Gasteiger partial charge < -0.3 is 19.8 Å². The first-order valence-corrected chi connectivity index (χ1v) is 12.3. The number of methoxy groups -OCH3 is 2. The molecule has 0 radical (unpaired) electrons. The molecule has 0 aliphatic carbocycles. The first-order valence-electron chi connectivity index (χ1n) is 10.6. The summed E-state index contributed by atoms with van der Waals surface area (Å²) in [7, 11) is 3.28. The number of para-hydroxylation sites is 1. The Hall–Kier alpha value is -3.23. The van der Waals surface area contributed by atoms with Crippen LogP contribution in [0.5, 0.6) is 11.5 Å². The fraction of sp³-hybridized carbons (Fsp3) is 0.154. The summed E-state index contributed by atoms with van der Waals surface area (Å²) in [4.78, 5) is 21.1. The summed E-state index contributed by atoms with van der Waals surface area (Å²) in [5.41, 5.74) is 4.32. The van der Waals surface area contributed by atoms with Crippen LogP contribution in [0, 0.1) is 0 Å². The van der Waals surface area contributed by atoms with E-state index in [1.54, 1.807) is 14.2 Å². The monoisotopic (exact) mass is 537 g/mol. The van der Waals surface area contributed by atoms with E-state index in [4.69, 9.17) is 14.5 Å². The molecule has 0 aliphatic rings. The molecule has 1 unspecified atom stereocenters. The molecule has 0 spiro atoms. The molecule has 4 rings (SSSR count). The molecular weight excluding hydrogens is 514 g/mol. The van der Waals surface area contributed by atoms with Gasteiger partial charge in [-0.05, 0) is 83.5 Å². The lowest BCUT2D eigenvalue weighted by Gasteiger charge is -2.11. The molecule has 1 aromatic heterocycles. The Bertz CT molecular complexity index is 1210. The van der Waals surface area contributed by atoms with Gasteiger partial charge in [0.25, 0.3) is 0 Å². The highest BCUT2D eigenvalue weighted by Crippen LogP contribution is 2.35. The van der Waals surface area contributed by atoms with Gasteiger partial charge in [-0.2, -0.15) is 0 Å². The Balaban J connectivity index is 1.62. The number of carbonyl (C=O) groups excluding carboxylic acids is 1. The molecule has 2 N–H and O–H groups in total. The number of thioether (sulfide) groups is 1. The molecule has 0 bridgehead atoms. The molecule has 0 saturated carbocycles. The molecule has 174 valence electrons. The Kier molecular flexibility index (Phi) is 7.59. The van der Waals surface area contributed by atoms with Crippen LogP contribution in [0.25, 0.3) is 22.5 Å². The first kappa shape index (κ1) is 23.9. The number of imidazole rings is 1. The molecule has 34 heavy (non-hydrogen) atoms. The smallest absolute Gasteiger partial charge is 0.237 e. The Morgan fingerprint density at radius 3 is 2.12 bits per heavy atom. The zero-order chi connectivity index (χ0) is 24.1. The van der Waals surface area contributed by atoms with E-state index in [2.05, 4.69) is 26.2 Å². The van der Waals surface area contributed by atoms with Gasteiger partial charge in [-0.15, -0.1) is 0 Å². The Labute approximate surface area is 211 Å². The molecule has 0 aliphatic heterocycles. The average Bonchev–Trinajstić information content (AvgIpc) is 3.29. The van der Waals surface area contributed by atoms with Crippen molar-refractivity contribution >= 4 is 39.3 Å². The summed E-state index contributed by atoms with van der Waals surface area (Å²) in [6.45, 7) is 1.86. The van der Waals surface area contributed by atoms with E-state index in [0.717, 1.165) is 44.2 Å². The van der Waals surface area contributed by atoms with Crippen molar-refractivity contribution < 1.29 is 14.3 Å². The van der Waals surface area contributed by atoms with Crippen molar-refractivity contribution in [1.29, 1.82) is 0 Å². The quantitative estimate of drug-likeness (QED) is 0.246. The van der Waals surface area contributed by atoms with Crippen LogP contribution < -0.4 is 14.8 Å². The number of nitrogens with one attached hydrogen (secondary N) is 2. The van der Waals surface area contributed by atoms with Crippen LogP contribution in [0.1, 0.15) is 6.92 Å². The molecule has 1 amide bonds. The zero-order valence-electron chi connectivity index (χ0n) is 19.0. The van der Waals surface area contributed by atoms with Gasteiger partial charge >= 0.3 is 0 Å². The molecule has 1 heterocycles. The van der Waals surface area contributed by atoms with Crippen LogP contribution in [-0.2, 0) is 4.79 Å². The maximum Gasteiger partial charge on any atom is 0.237 e. The lowest BCUT2D eigenvalue weighted by Crippen LogP contribution is -2.22. The number of nitrogens with zero attached hydrogens (tertiary/aromatic N) is 1. The number of benzene rings is 3. The van der Waals surface area contributed by atoms with Gasteiger partial charge in [-0.25, -0.2) is 4.98 Å². The van der Waals surface area contributed by atoms with Crippen molar-refractivity contribution in [2.24, 2.45) is 0 Å². The highest BCUT2D eigenvalue weighted by molar-refractivity contribution is 9.10. The second-order valence-corrected chi connectivity index (χ2v) is 9.64. The number of aromatic amines is 1. The molecule has 4 aromatic rings. The third kappa shape index (κ3) is 5.46. The lowest BCUT2D eigenvalue weighted by molar-refractivity contribution is -0.115. The first-order chi connectivity index (χ1) is 16.5. The van der Waals surface area contributed by atoms with E-state index in [1.807, 2.05) is 79.7 Å². The minimum absolute atomic E-state index is 0.106. The van der Waals surface area contributed by atoms with E-state index in [-0.39, 0.29) is 11.2 Å². The second kappa shape index (κ2) is 10.8. The molecular formula is C26H24BrN3O3S. The van der Waals surface area contributed by atoms with E-state index < -0.39 is 0 Å². The molecule has 1 atom stereocenters. The molecule has 0 saturated heterocycles. The minimum atomic E-state index is -0.370. The maximum absolute atomic E-state index is 12.8. The van der Waals surface area contributed by atoms with Gasteiger partial charge in [0, 0.05) is 15.6 Å². The van der Waals surface area contributed by atoms with Crippen LogP contribution in [0.3, 0.4) is 0 Å². The summed E-state index contributed by atoms with van der Waals surface area (Å²) < 4.78 is 11.4. The summed E-state index contributed by atoms with van der Waals surface area (Å²) in [6, 6.07) is 23.1.